The Morgan fingerprint density at radius 2 is 1.96 bits per heavy atom. The fourth-order valence-corrected chi connectivity index (χ4v) is 3.48. The van der Waals surface area contributed by atoms with E-state index in [0.29, 0.717) is 0 Å². The second kappa shape index (κ2) is 6.52. The van der Waals surface area contributed by atoms with Gasteiger partial charge < -0.3 is 9.73 Å². The van der Waals surface area contributed by atoms with Crippen LogP contribution in [0, 0.1) is 0 Å². The van der Waals surface area contributed by atoms with Crippen LogP contribution < -0.4 is 9.88 Å². The van der Waals surface area contributed by atoms with Crippen molar-refractivity contribution in [3.05, 3.63) is 66.2 Å². The summed E-state index contributed by atoms with van der Waals surface area (Å²) >= 11 is 0. The normalized spacial score (nSPS) is 15.6. The van der Waals surface area contributed by atoms with Gasteiger partial charge in [-0.3, -0.25) is 0 Å². The smallest absolute Gasteiger partial charge is 0.378 e. The van der Waals surface area contributed by atoms with Crippen molar-refractivity contribution in [1.82, 2.24) is 0 Å². The number of hydrogen-bond donors (Lipinski definition) is 1. The number of allylic oxidation sites excluding steroid dienone is 1. The van der Waals surface area contributed by atoms with E-state index in [9.17, 15) is 0 Å². The molecule has 0 bridgehead atoms. The van der Waals surface area contributed by atoms with E-state index in [1.165, 1.54) is 22.3 Å². The van der Waals surface area contributed by atoms with Crippen LogP contribution >= 0.6 is 0 Å². The molecule has 122 valence electrons. The molecule has 0 atom stereocenters. The molecule has 0 unspecified atom stereocenters. The first-order chi connectivity index (χ1) is 11.9. The van der Waals surface area contributed by atoms with Gasteiger partial charge in [-0.15, -0.1) is 0 Å². The summed E-state index contributed by atoms with van der Waals surface area (Å²) in [6.45, 7) is 3.24. The first-order valence-corrected chi connectivity index (χ1v) is 8.82. The highest BCUT2D eigenvalue weighted by Crippen LogP contribution is 2.27. The zero-order chi connectivity index (χ0) is 16.4. The molecule has 0 saturated heterocycles. The van der Waals surface area contributed by atoms with Crippen LogP contribution in [-0.2, 0) is 13.0 Å². The van der Waals surface area contributed by atoms with Crippen molar-refractivity contribution in [2.75, 3.05) is 5.32 Å². The lowest BCUT2D eigenvalue weighted by Gasteiger charge is -2.11. The summed E-state index contributed by atoms with van der Waals surface area (Å²) < 4.78 is 8.42. The number of oxazole rings is 1. The largest absolute Gasteiger partial charge is 0.398 e. The number of aryl methyl sites for hydroxylation is 2. The number of nitrogens with one attached hydrogen (secondary N) is 1. The highest BCUT2D eigenvalue weighted by Gasteiger charge is 2.29. The number of nitrogens with zero attached hydrogens (tertiary/aromatic N) is 1. The van der Waals surface area contributed by atoms with Gasteiger partial charge in [0.2, 0.25) is 5.58 Å². The lowest BCUT2D eigenvalue weighted by molar-refractivity contribution is -0.682. The topological polar surface area (TPSA) is 29.1 Å². The molecular formula is C21H23N2O+. The van der Waals surface area contributed by atoms with Crippen molar-refractivity contribution >= 4 is 22.4 Å². The molecule has 1 aliphatic heterocycles. The Balaban J connectivity index is 1.68. The third kappa shape index (κ3) is 2.71. The number of aromatic nitrogens is 1. The van der Waals surface area contributed by atoms with Crippen LogP contribution in [0.1, 0.15) is 37.6 Å². The molecule has 0 fully saturated rings. The fraction of sp³-hybridized carbons (Fsp3) is 0.286. The summed E-state index contributed by atoms with van der Waals surface area (Å²) in [5.74, 6) is 0.989. The maximum Gasteiger partial charge on any atom is 0.378 e. The number of hydrogen-bond acceptors (Lipinski definition) is 2. The summed E-state index contributed by atoms with van der Waals surface area (Å²) in [7, 11) is 0. The van der Waals surface area contributed by atoms with Crippen molar-refractivity contribution in [1.29, 1.82) is 0 Å². The molecule has 1 aromatic heterocycles. The van der Waals surface area contributed by atoms with E-state index in [-0.39, 0.29) is 0 Å². The molecule has 0 saturated carbocycles. The van der Waals surface area contributed by atoms with Gasteiger partial charge in [-0.1, -0.05) is 43.7 Å². The second-order valence-corrected chi connectivity index (χ2v) is 6.35. The molecule has 0 spiro atoms. The van der Waals surface area contributed by atoms with Crippen molar-refractivity contribution in [2.45, 2.75) is 39.2 Å². The van der Waals surface area contributed by atoms with Gasteiger partial charge in [0.05, 0.1) is 5.57 Å². The number of benzene rings is 2. The Hall–Kier alpha value is -2.55. The van der Waals surface area contributed by atoms with E-state index in [2.05, 4.69) is 59.4 Å². The van der Waals surface area contributed by atoms with E-state index in [0.717, 1.165) is 43.7 Å². The molecule has 1 N–H and O–H groups in total. The number of rotatable bonds is 4. The number of anilines is 1. The van der Waals surface area contributed by atoms with Crippen molar-refractivity contribution in [3.63, 3.8) is 0 Å². The minimum atomic E-state index is 0.965. The predicted molar refractivity (Wildman–Crippen MR) is 97.7 cm³/mol. The van der Waals surface area contributed by atoms with Crippen molar-refractivity contribution < 1.29 is 8.98 Å². The van der Waals surface area contributed by atoms with Crippen LogP contribution in [0.4, 0.5) is 5.69 Å². The first kappa shape index (κ1) is 15.0. The van der Waals surface area contributed by atoms with Crippen LogP contribution in [0.15, 0.2) is 59.1 Å². The van der Waals surface area contributed by atoms with Gasteiger partial charge in [-0.2, -0.15) is 4.57 Å². The van der Waals surface area contributed by atoms with Crippen LogP contribution in [0.2, 0.25) is 0 Å². The molecule has 0 radical (unpaired) electrons. The molecule has 2 aromatic carbocycles. The fourth-order valence-electron chi connectivity index (χ4n) is 3.48. The molecule has 2 heterocycles. The minimum absolute atomic E-state index is 0.965. The van der Waals surface area contributed by atoms with E-state index >= 15 is 0 Å². The lowest BCUT2D eigenvalue weighted by atomic mass is 10.1. The summed E-state index contributed by atoms with van der Waals surface area (Å²) in [5.41, 5.74) is 5.95. The van der Waals surface area contributed by atoms with Gasteiger partial charge in [0.15, 0.2) is 6.54 Å². The third-order valence-electron chi connectivity index (χ3n) is 4.65. The molecule has 3 heteroatoms. The Morgan fingerprint density at radius 1 is 1.12 bits per heavy atom. The Morgan fingerprint density at radius 3 is 2.88 bits per heavy atom. The maximum absolute atomic E-state index is 6.12. The van der Waals surface area contributed by atoms with E-state index in [1.54, 1.807) is 0 Å². The Bertz CT molecular complexity index is 892. The summed E-state index contributed by atoms with van der Waals surface area (Å²) in [4.78, 5) is 0. The standard InChI is InChI=1S/C21H22N2O/c1-2-8-16-9-3-4-11-18(16)22-15-17-10-7-14-23-19-12-5-6-13-20(19)24-21(17)23/h3-6,9,11-13,15H,2,7-8,10,14H2,1H3/p+1. The van der Waals surface area contributed by atoms with Crippen LogP contribution in [0.25, 0.3) is 16.7 Å². The number of para-hydroxylation sites is 3. The van der Waals surface area contributed by atoms with Gasteiger partial charge in [-0.25, -0.2) is 0 Å². The van der Waals surface area contributed by atoms with E-state index in [1.807, 2.05) is 12.1 Å². The second-order valence-electron chi connectivity index (χ2n) is 6.35. The quantitative estimate of drug-likeness (QED) is 0.692. The van der Waals surface area contributed by atoms with Gasteiger partial charge in [0.1, 0.15) is 0 Å². The summed E-state index contributed by atoms with van der Waals surface area (Å²) in [6, 6.07) is 16.8. The summed E-state index contributed by atoms with van der Waals surface area (Å²) in [5, 5.41) is 3.52. The first-order valence-electron chi connectivity index (χ1n) is 8.82. The molecule has 3 nitrogen and oxygen atoms in total. The lowest BCUT2D eigenvalue weighted by Crippen LogP contribution is -2.39. The average Bonchev–Trinajstić information content (AvgIpc) is 3.01. The monoisotopic (exact) mass is 319 g/mol. The third-order valence-corrected chi connectivity index (χ3v) is 4.65. The van der Waals surface area contributed by atoms with Gasteiger partial charge in [0.25, 0.3) is 5.52 Å². The highest BCUT2D eigenvalue weighted by atomic mass is 16.4. The van der Waals surface area contributed by atoms with Gasteiger partial charge in [0, 0.05) is 24.4 Å². The molecule has 3 aromatic rings. The van der Waals surface area contributed by atoms with Crippen molar-refractivity contribution in [2.24, 2.45) is 0 Å². The van der Waals surface area contributed by atoms with Gasteiger partial charge >= 0.3 is 5.89 Å². The van der Waals surface area contributed by atoms with Gasteiger partial charge in [-0.05, 0) is 30.5 Å². The molecule has 4 rings (SSSR count). The minimum Gasteiger partial charge on any atom is -0.398 e. The predicted octanol–water partition coefficient (Wildman–Crippen LogP) is 4.92. The van der Waals surface area contributed by atoms with Crippen LogP contribution in [0.3, 0.4) is 0 Å². The van der Waals surface area contributed by atoms with Crippen LogP contribution in [-0.4, -0.2) is 0 Å². The molecule has 0 aliphatic carbocycles. The van der Waals surface area contributed by atoms with Crippen LogP contribution in [0.5, 0.6) is 0 Å². The molecular weight excluding hydrogens is 296 g/mol. The zero-order valence-electron chi connectivity index (χ0n) is 14.1. The summed E-state index contributed by atoms with van der Waals surface area (Å²) in [6.07, 6.45) is 6.56. The molecule has 24 heavy (non-hydrogen) atoms. The highest BCUT2D eigenvalue weighted by molar-refractivity contribution is 5.72. The Kier molecular flexibility index (Phi) is 4.08. The zero-order valence-corrected chi connectivity index (χ0v) is 14.1. The maximum atomic E-state index is 6.12. The van der Waals surface area contributed by atoms with Crippen molar-refractivity contribution in [3.8, 4) is 0 Å². The number of fused-ring (bicyclic) bond motifs is 3. The van der Waals surface area contributed by atoms with E-state index < -0.39 is 0 Å². The average molecular weight is 319 g/mol. The molecule has 1 aliphatic rings. The Labute approximate surface area is 142 Å². The van der Waals surface area contributed by atoms with E-state index in [4.69, 9.17) is 4.42 Å². The molecule has 0 amide bonds. The SMILES string of the molecule is CCCc1ccccc1N/C=C1\CCC[n+]2c1oc1ccccc12.